The molecule has 192 valence electrons. The number of hydrogen-bond acceptors (Lipinski definition) is 8. The predicted octanol–water partition coefficient (Wildman–Crippen LogP) is 3.86. The van der Waals surface area contributed by atoms with Crippen LogP contribution < -0.4 is 14.9 Å². The SMILES string of the molecule is CO[N+](=O)c1ccc(S(=O)(=O)NCC2CCC(CNc3nc(N(C)C)c4ccccc4n3)CC2)cc1. The zero-order valence-electron chi connectivity index (χ0n) is 20.8. The molecule has 1 aliphatic rings. The molecule has 0 saturated heterocycles. The molecule has 0 radical (unpaired) electrons. The van der Waals surface area contributed by atoms with Crippen molar-refractivity contribution in [3.05, 3.63) is 53.4 Å². The van der Waals surface area contributed by atoms with E-state index < -0.39 is 10.0 Å². The smallest absolute Gasteiger partial charge is 0.316 e. The Labute approximate surface area is 211 Å². The average Bonchev–Trinajstić information content (AvgIpc) is 2.90. The van der Waals surface area contributed by atoms with Gasteiger partial charge in [0.15, 0.2) is 7.11 Å². The number of hydrogen-bond donors (Lipinski definition) is 2. The van der Waals surface area contributed by atoms with E-state index in [0.717, 1.165) is 48.9 Å². The van der Waals surface area contributed by atoms with Crippen LogP contribution in [0.15, 0.2) is 53.4 Å². The molecule has 11 heteroatoms. The minimum absolute atomic E-state index is 0.126. The number of rotatable bonds is 10. The Balaban J connectivity index is 1.27. The number of anilines is 2. The second-order valence-electron chi connectivity index (χ2n) is 9.34. The summed E-state index contributed by atoms with van der Waals surface area (Å²) in [5, 5.41) is 4.44. The van der Waals surface area contributed by atoms with Crippen LogP contribution >= 0.6 is 0 Å². The quantitative estimate of drug-likeness (QED) is 0.393. The van der Waals surface area contributed by atoms with Crippen molar-refractivity contribution in [2.45, 2.75) is 30.6 Å². The van der Waals surface area contributed by atoms with Crippen LogP contribution in [0.25, 0.3) is 10.9 Å². The maximum absolute atomic E-state index is 12.7. The van der Waals surface area contributed by atoms with Crippen LogP contribution in [0, 0.1) is 16.7 Å². The number of nitrogens with one attached hydrogen (secondary N) is 2. The Morgan fingerprint density at radius 3 is 2.25 bits per heavy atom. The van der Waals surface area contributed by atoms with Crippen LogP contribution in [-0.2, 0) is 14.9 Å². The highest BCUT2D eigenvalue weighted by atomic mass is 32.2. The summed E-state index contributed by atoms with van der Waals surface area (Å²) in [7, 11) is 1.56. The van der Waals surface area contributed by atoms with Crippen LogP contribution in [0.1, 0.15) is 25.7 Å². The first kappa shape index (κ1) is 25.8. The molecule has 2 aromatic carbocycles. The summed E-state index contributed by atoms with van der Waals surface area (Å²) in [4.78, 5) is 27.9. The van der Waals surface area contributed by atoms with Crippen LogP contribution in [0.4, 0.5) is 17.5 Å². The van der Waals surface area contributed by atoms with Gasteiger partial charge in [-0.2, -0.15) is 4.98 Å². The van der Waals surface area contributed by atoms with Gasteiger partial charge in [-0.1, -0.05) is 12.1 Å². The molecule has 4 rings (SSSR count). The predicted molar refractivity (Wildman–Crippen MR) is 140 cm³/mol. The van der Waals surface area contributed by atoms with Crippen molar-refractivity contribution in [1.82, 2.24) is 14.7 Å². The van der Waals surface area contributed by atoms with Gasteiger partial charge in [0.05, 0.1) is 15.3 Å². The summed E-state index contributed by atoms with van der Waals surface area (Å²) in [5.74, 6) is 2.29. The first-order chi connectivity index (χ1) is 17.3. The molecule has 1 aliphatic carbocycles. The molecule has 2 N–H and O–H groups in total. The lowest BCUT2D eigenvalue weighted by molar-refractivity contribution is -0.736. The second-order valence-corrected chi connectivity index (χ2v) is 11.1. The topological polar surface area (TPSA) is 117 Å². The molecule has 1 aromatic heterocycles. The van der Waals surface area contributed by atoms with E-state index in [0.29, 0.717) is 23.3 Å². The maximum atomic E-state index is 12.7. The highest BCUT2D eigenvalue weighted by Gasteiger charge is 2.24. The molecule has 0 bridgehead atoms. The second kappa shape index (κ2) is 11.2. The fraction of sp³-hybridized carbons (Fsp3) is 0.440. The van der Waals surface area contributed by atoms with E-state index in [4.69, 9.17) is 4.98 Å². The van der Waals surface area contributed by atoms with Crippen molar-refractivity contribution in [2.24, 2.45) is 11.8 Å². The van der Waals surface area contributed by atoms with E-state index in [1.807, 2.05) is 43.3 Å². The van der Waals surface area contributed by atoms with Gasteiger partial charge in [0.2, 0.25) is 16.0 Å². The van der Waals surface area contributed by atoms with Crippen molar-refractivity contribution in [3.8, 4) is 0 Å². The third-order valence-corrected chi connectivity index (χ3v) is 8.05. The van der Waals surface area contributed by atoms with Crippen molar-refractivity contribution >= 4 is 38.4 Å². The van der Waals surface area contributed by atoms with Crippen LogP contribution in [0.3, 0.4) is 0 Å². The Kier molecular flexibility index (Phi) is 8.00. The molecule has 0 aliphatic heterocycles. The summed E-state index contributed by atoms with van der Waals surface area (Å²) < 4.78 is 28.0. The third-order valence-electron chi connectivity index (χ3n) is 6.61. The molecule has 10 nitrogen and oxygen atoms in total. The van der Waals surface area contributed by atoms with Gasteiger partial charge in [-0.05, 0) is 61.8 Å². The number of benzene rings is 2. The minimum atomic E-state index is -3.64. The van der Waals surface area contributed by atoms with Gasteiger partial charge in [-0.3, -0.25) is 0 Å². The first-order valence-electron chi connectivity index (χ1n) is 12.1. The Bertz CT molecular complexity index is 1310. The normalized spacial score (nSPS) is 18.1. The minimum Gasteiger partial charge on any atom is -0.362 e. The number of fused-ring (bicyclic) bond motifs is 1. The molecular weight excluding hydrogens is 480 g/mol. The average molecular weight is 514 g/mol. The largest absolute Gasteiger partial charge is 0.362 e. The molecule has 0 spiro atoms. The van der Waals surface area contributed by atoms with Gasteiger partial charge in [0.1, 0.15) is 5.82 Å². The highest BCUT2D eigenvalue weighted by Crippen LogP contribution is 2.30. The van der Waals surface area contributed by atoms with E-state index in [9.17, 15) is 13.3 Å². The summed E-state index contributed by atoms with van der Waals surface area (Å²) in [6, 6.07) is 13.6. The van der Waals surface area contributed by atoms with Crippen molar-refractivity contribution < 1.29 is 18.2 Å². The number of aromatic nitrogens is 2. The first-order valence-corrected chi connectivity index (χ1v) is 13.5. The summed E-state index contributed by atoms with van der Waals surface area (Å²) >= 11 is 0. The van der Waals surface area contributed by atoms with E-state index >= 15 is 0 Å². The Morgan fingerprint density at radius 1 is 0.972 bits per heavy atom. The van der Waals surface area contributed by atoms with Gasteiger partial charge in [0, 0.05) is 44.7 Å². The molecular formula is C25H33N6O4S+. The van der Waals surface area contributed by atoms with Gasteiger partial charge in [-0.15, -0.1) is 0 Å². The summed E-state index contributed by atoms with van der Waals surface area (Å²) in [6.45, 7) is 1.18. The molecule has 1 heterocycles. The lowest BCUT2D eigenvalue weighted by atomic mass is 9.82. The molecule has 0 amide bonds. The Hall–Kier alpha value is -3.31. The van der Waals surface area contributed by atoms with Gasteiger partial charge in [-0.25, -0.2) is 23.0 Å². The third kappa shape index (κ3) is 6.08. The van der Waals surface area contributed by atoms with Crippen molar-refractivity contribution in [3.63, 3.8) is 0 Å². The summed E-state index contributed by atoms with van der Waals surface area (Å²) in [5.41, 5.74) is 1.14. The molecule has 0 unspecified atom stereocenters. The van der Waals surface area contributed by atoms with Gasteiger partial charge < -0.3 is 10.2 Å². The van der Waals surface area contributed by atoms with Gasteiger partial charge >= 0.3 is 5.69 Å². The Morgan fingerprint density at radius 2 is 1.61 bits per heavy atom. The van der Waals surface area contributed by atoms with E-state index in [2.05, 4.69) is 19.9 Å². The highest BCUT2D eigenvalue weighted by molar-refractivity contribution is 7.89. The monoisotopic (exact) mass is 513 g/mol. The van der Waals surface area contributed by atoms with Crippen molar-refractivity contribution in [2.75, 3.05) is 44.5 Å². The molecule has 0 atom stereocenters. The molecule has 1 saturated carbocycles. The molecule has 36 heavy (non-hydrogen) atoms. The van der Waals surface area contributed by atoms with Crippen LogP contribution in [0.5, 0.6) is 0 Å². The van der Waals surface area contributed by atoms with Crippen LogP contribution in [-0.4, -0.2) is 57.6 Å². The number of nitrogens with zero attached hydrogens (tertiary/aromatic N) is 4. The van der Waals surface area contributed by atoms with Gasteiger partial charge in [0.25, 0.3) is 4.92 Å². The standard InChI is InChI=1S/C25H33N6O4S/c1-30(2)24-22-6-4-5-7-23(22)28-25(29-24)26-16-18-8-10-19(11-9-18)17-27-36(33,34)21-14-12-20(13-15-21)31(32)35-3/h4-7,12-15,18-19,27H,8-11,16-17H2,1-3H3,(H,26,28,29)/q+1. The van der Waals surface area contributed by atoms with E-state index in [1.165, 1.54) is 31.4 Å². The molecule has 3 aromatic rings. The zero-order valence-corrected chi connectivity index (χ0v) is 21.7. The maximum Gasteiger partial charge on any atom is 0.316 e. The lowest BCUT2D eigenvalue weighted by Crippen LogP contribution is -2.32. The van der Waals surface area contributed by atoms with Crippen molar-refractivity contribution in [1.29, 1.82) is 0 Å². The van der Waals surface area contributed by atoms with E-state index in [-0.39, 0.29) is 16.5 Å². The number of sulfonamides is 1. The molecule has 1 fully saturated rings. The summed E-state index contributed by atoms with van der Waals surface area (Å²) in [6.07, 6.45) is 3.93. The lowest BCUT2D eigenvalue weighted by Gasteiger charge is -2.28. The fourth-order valence-electron chi connectivity index (χ4n) is 4.52. The van der Waals surface area contributed by atoms with E-state index in [1.54, 1.807) is 0 Å². The fourth-order valence-corrected chi connectivity index (χ4v) is 5.63. The zero-order chi connectivity index (χ0) is 25.7. The number of para-hydroxylation sites is 1. The van der Waals surface area contributed by atoms with Crippen LogP contribution in [0.2, 0.25) is 0 Å².